The van der Waals surface area contributed by atoms with Crippen molar-refractivity contribution in [2.75, 3.05) is 37.0 Å². The van der Waals surface area contributed by atoms with Crippen LogP contribution in [0, 0.1) is 0 Å². The molecular formula is C23H24N4O4. The number of nitrogens with one attached hydrogen (secondary N) is 2. The van der Waals surface area contributed by atoms with Gasteiger partial charge in [0, 0.05) is 31.5 Å². The zero-order valence-electron chi connectivity index (χ0n) is 17.3. The van der Waals surface area contributed by atoms with Crippen molar-refractivity contribution in [2.24, 2.45) is 0 Å². The molecule has 0 saturated carbocycles. The topological polar surface area (TPSA) is 96.7 Å². The zero-order chi connectivity index (χ0) is 21.6. The molecule has 8 nitrogen and oxygen atoms in total. The summed E-state index contributed by atoms with van der Waals surface area (Å²) in [5.41, 5.74) is 1.57. The molecule has 2 N–H and O–H groups in total. The molecule has 0 radical (unpaired) electrons. The molecule has 31 heavy (non-hydrogen) atoms. The Bertz CT molecular complexity index is 1040. The first-order chi connectivity index (χ1) is 15.1. The quantitative estimate of drug-likeness (QED) is 0.610. The second kappa shape index (κ2) is 9.34. The molecular weight excluding hydrogens is 396 g/mol. The van der Waals surface area contributed by atoms with E-state index in [0.29, 0.717) is 38.2 Å². The van der Waals surface area contributed by atoms with Crippen LogP contribution in [0.15, 0.2) is 59.1 Å². The first-order valence-electron chi connectivity index (χ1n) is 10.1. The minimum Gasteiger partial charge on any atom is -0.497 e. The Hall–Kier alpha value is -3.81. The van der Waals surface area contributed by atoms with Crippen molar-refractivity contribution < 1.29 is 18.7 Å². The van der Waals surface area contributed by atoms with E-state index in [1.165, 1.54) is 0 Å². The number of carbonyl (C=O) groups is 2. The van der Waals surface area contributed by atoms with Crippen molar-refractivity contribution in [3.05, 3.63) is 60.5 Å². The average Bonchev–Trinajstić information content (AvgIpc) is 3.27. The molecule has 1 aliphatic heterocycles. The van der Waals surface area contributed by atoms with Gasteiger partial charge in [0.05, 0.1) is 25.5 Å². The van der Waals surface area contributed by atoms with Crippen LogP contribution in [0.25, 0.3) is 11.3 Å². The molecule has 0 atom stereocenters. The maximum absolute atomic E-state index is 12.3. The van der Waals surface area contributed by atoms with E-state index >= 15 is 0 Å². The van der Waals surface area contributed by atoms with Crippen LogP contribution in [0.4, 0.5) is 11.5 Å². The van der Waals surface area contributed by atoms with Gasteiger partial charge in [-0.3, -0.25) is 9.59 Å². The normalized spacial score (nSPS) is 13.6. The van der Waals surface area contributed by atoms with Crippen LogP contribution in [0.2, 0.25) is 0 Å². The van der Waals surface area contributed by atoms with Crippen molar-refractivity contribution in [1.82, 2.24) is 10.3 Å². The summed E-state index contributed by atoms with van der Waals surface area (Å²) in [7, 11) is 1.63. The molecule has 0 spiro atoms. The van der Waals surface area contributed by atoms with Crippen LogP contribution in [-0.4, -0.2) is 43.5 Å². The van der Waals surface area contributed by atoms with Gasteiger partial charge in [0.2, 0.25) is 11.8 Å². The Kier molecular flexibility index (Phi) is 6.16. The van der Waals surface area contributed by atoms with E-state index in [1.807, 2.05) is 47.4 Å². The Labute approximate surface area is 180 Å². The average molecular weight is 420 g/mol. The number of hydrogen-bond donors (Lipinski definition) is 2. The Morgan fingerprint density at radius 1 is 1.19 bits per heavy atom. The number of carbonyl (C=O) groups excluding carboxylic acids is 2. The molecule has 3 aromatic rings. The lowest BCUT2D eigenvalue weighted by atomic mass is 10.2. The highest BCUT2D eigenvalue weighted by Crippen LogP contribution is 2.25. The highest BCUT2D eigenvalue weighted by molar-refractivity contribution is 5.90. The fourth-order valence-electron chi connectivity index (χ4n) is 3.36. The van der Waals surface area contributed by atoms with Crippen LogP contribution in [-0.2, 0) is 16.0 Å². The van der Waals surface area contributed by atoms with E-state index in [-0.39, 0.29) is 11.8 Å². The number of rotatable bonds is 7. The summed E-state index contributed by atoms with van der Waals surface area (Å²) < 4.78 is 11.0. The van der Waals surface area contributed by atoms with Gasteiger partial charge in [-0.05, 0) is 48.5 Å². The number of aryl methyl sites for hydroxylation is 1. The third-order valence-corrected chi connectivity index (χ3v) is 5.03. The summed E-state index contributed by atoms with van der Waals surface area (Å²) in [5.74, 6) is 2.88. The smallest absolute Gasteiger partial charge is 0.239 e. The van der Waals surface area contributed by atoms with Crippen LogP contribution in [0.3, 0.4) is 0 Å². The third-order valence-electron chi connectivity index (χ3n) is 5.03. The molecule has 1 aromatic carbocycles. The Morgan fingerprint density at radius 2 is 2.03 bits per heavy atom. The minimum atomic E-state index is -0.116. The molecule has 0 unspecified atom stereocenters. The largest absolute Gasteiger partial charge is 0.497 e. The third kappa shape index (κ3) is 5.22. The van der Waals surface area contributed by atoms with Gasteiger partial charge in [0.25, 0.3) is 0 Å². The highest BCUT2D eigenvalue weighted by Gasteiger charge is 2.17. The van der Waals surface area contributed by atoms with Crippen LogP contribution < -0.4 is 20.3 Å². The number of pyridine rings is 1. The number of aromatic nitrogens is 1. The predicted octanol–water partition coefficient (Wildman–Crippen LogP) is 2.86. The SMILES string of the molecule is COc1ccc(-c2ccc(CCC(=O)Nc3ccc(N4CCNC(=O)C4)nc3)o2)cc1. The molecule has 160 valence electrons. The first kappa shape index (κ1) is 20.5. The van der Waals surface area contributed by atoms with Gasteiger partial charge < -0.3 is 24.7 Å². The van der Waals surface area contributed by atoms with Crippen LogP contribution in [0.1, 0.15) is 12.2 Å². The zero-order valence-corrected chi connectivity index (χ0v) is 17.3. The summed E-state index contributed by atoms with van der Waals surface area (Å²) in [6.45, 7) is 1.61. The van der Waals surface area contributed by atoms with Crippen LogP contribution in [0.5, 0.6) is 5.75 Å². The molecule has 2 amide bonds. The van der Waals surface area contributed by atoms with Gasteiger partial charge in [-0.2, -0.15) is 0 Å². The van der Waals surface area contributed by atoms with Crippen molar-refractivity contribution >= 4 is 23.3 Å². The first-order valence-corrected chi connectivity index (χ1v) is 10.1. The number of nitrogens with zero attached hydrogens (tertiary/aromatic N) is 2. The van der Waals surface area contributed by atoms with Crippen molar-refractivity contribution in [1.29, 1.82) is 0 Å². The van der Waals surface area contributed by atoms with Crippen molar-refractivity contribution in [2.45, 2.75) is 12.8 Å². The standard InChI is InChI=1S/C23H24N4O4/c1-30-18-5-2-16(3-6-18)20-9-7-19(31-20)8-11-22(28)26-17-4-10-21(25-14-17)27-13-12-24-23(29)15-27/h2-7,9-10,14H,8,11-13,15H2,1H3,(H,24,29)(H,26,28). The van der Waals surface area contributed by atoms with Crippen LogP contribution >= 0.6 is 0 Å². The predicted molar refractivity (Wildman–Crippen MR) is 117 cm³/mol. The van der Waals surface area contributed by atoms with Crippen molar-refractivity contribution in [3.8, 4) is 17.1 Å². The van der Waals surface area contributed by atoms with Gasteiger partial charge in [-0.25, -0.2) is 4.98 Å². The number of ether oxygens (including phenoxy) is 1. The Balaban J connectivity index is 1.28. The molecule has 8 heteroatoms. The summed E-state index contributed by atoms with van der Waals surface area (Å²) >= 11 is 0. The minimum absolute atomic E-state index is 0.0153. The van der Waals surface area contributed by atoms with Gasteiger partial charge in [-0.1, -0.05) is 0 Å². The van der Waals surface area contributed by atoms with E-state index < -0.39 is 0 Å². The molecule has 3 heterocycles. The maximum Gasteiger partial charge on any atom is 0.239 e. The molecule has 4 rings (SSSR count). The van der Waals surface area contributed by atoms with Gasteiger partial charge >= 0.3 is 0 Å². The second-order valence-electron chi connectivity index (χ2n) is 7.22. The molecule has 1 saturated heterocycles. The lowest BCUT2D eigenvalue weighted by Crippen LogP contribution is -2.48. The summed E-state index contributed by atoms with van der Waals surface area (Å²) in [6, 6.07) is 15.0. The maximum atomic E-state index is 12.3. The summed E-state index contributed by atoms with van der Waals surface area (Å²) in [5, 5.41) is 5.63. The van der Waals surface area contributed by atoms with E-state index in [2.05, 4.69) is 15.6 Å². The Morgan fingerprint density at radius 3 is 2.74 bits per heavy atom. The fraction of sp³-hybridized carbons (Fsp3) is 0.261. The monoisotopic (exact) mass is 420 g/mol. The second-order valence-corrected chi connectivity index (χ2v) is 7.22. The molecule has 1 aliphatic rings. The van der Waals surface area contributed by atoms with E-state index in [1.54, 1.807) is 19.4 Å². The molecule has 0 aliphatic carbocycles. The molecule has 1 fully saturated rings. The number of hydrogen-bond acceptors (Lipinski definition) is 6. The van der Waals surface area contributed by atoms with E-state index in [4.69, 9.17) is 9.15 Å². The number of methoxy groups -OCH3 is 1. The molecule has 0 bridgehead atoms. The van der Waals surface area contributed by atoms with Gasteiger partial charge in [0.1, 0.15) is 23.1 Å². The lowest BCUT2D eigenvalue weighted by Gasteiger charge is -2.27. The summed E-state index contributed by atoms with van der Waals surface area (Å²) in [6.07, 6.45) is 2.40. The molecule has 2 aromatic heterocycles. The highest BCUT2D eigenvalue weighted by atomic mass is 16.5. The van der Waals surface area contributed by atoms with Crippen molar-refractivity contribution in [3.63, 3.8) is 0 Å². The number of amides is 2. The van der Waals surface area contributed by atoms with Gasteiger partial charge in [-0.15, -0.1) is 0 Å². The van der Waals surface area contributed by atoms with E-state index in [0.717, 1.165) is 28.7 Å². The number of benzene rings is 1. The number of anilines is 2. The van der Waals surface area contributed by atoms with Gasteiger partial charge in [0.15, 0.2) is 0 Å². The summed E-state index contributed by atoms with van der Waals surface area (Å²) in [4.78, 5) is 30.1. The lowest BCUT2D eigenvalue weighted by molar-refractivity contribution is -0.120. The van der Waals surface area contributed by atoms with E-state index in [9.17, 15) is 9.59 Å². The fourth-order valence-corrected chi connectivity index (χ4v) is 3.36. The number of furan rings is 1. The number of piperazine rings is 1.